The van der Waals surface area contributed by atoms with Crippen molar-refractivity contribution in [1.29, 1.82) is 0 Å². The van der Waals surface area contributed by atoms with Gasteiger partial charge in [-0.2, -0.15) is 0 Å². The van der Waals surface area contributed by atoms with Crippen LogP contribution < -0.4 is 10.1 Å². The monoisotopic (exact) mass is 541 g/mol. The summed E-state index contributed by atoms with van der Waals surface area (Å²) < 4.78 is 13.2. The van der Waals surface area contributed by atoms with Gasteiger partial charge < -0.3 is 24.3 Å². The first-order valence-corrected chi connectivity index (χ1v) is 14.6. The smallest absolute Gasteiger partial charge is 0.337 e. The Morgan fingerprint density at radius 2 is 1.73 bits per heavy atom. The molecule has 7 heteroatoms. The Kier molecular flexibility index (Phi) is 7.17. The molecule has 0 radical (unpaired) electrons. The molecule has 1 N–H and O–H groups in total. The summed E-state index contributed by atoms with van der Waals surface area (Å²) in [7, 11) is 3.10. The maximum Gasteiger partial charge on any atom is 0.337 e. The Balaban J connectivity index is 1.60. The molecule has 7 nitrogen and oxygen atoms in total. The molecule has 2 aromatic carbocycles. The molecule has 1 aromatic heterocycles. The summed E-state index contributed by atoms with van der Waals surface area (Å²) in [5.74, 6) is 0.870. The van der Waals surface area contributed by atoms with Gasteiger partial charge in [-0.15, -0.1) is 0 Å². The van der Waals surface area contributed by atoms with E-state index in [1.165, 1.54) is 31.9 Å². The van der Waals surface area contributed by atoms with Crippen LogP contribution in [0.25, 0.3) is 28.2 Å². The maximum atomic E-state index is 14.2. The maximum absolute atomic E-state index is 14.2. The molecule has 0 bridgehead atoms. The molecule has 0 unspecified atom stereocenters. The molecule has 3 aromatic rings. The Bertz CT molecular complexity index is 1490. The predicted molar refractivity (Wildman–Crippen MR) is 158 cm³/mol. The number of esters is 1. The van der Waals surface area contributed by atoms with E-state index in [4.69, 9.17) is 9.47 Å². The molecule has 0 spiro atoms. The van der Waals surface area contributed by atoms with Crippen LogP contribution in [0, 0.1) is 0 Å². The molecule has 1 saturated heterocycles. The van der Waals surface area contributed by atoms with Gasteiger partial charge in [0, 0.05) is 52.8 Å². The van der Waals surface area contributed by atoms with Crippen molar-refractivity contribution in [2.45, 2.75) is 70.5 Å². The molecule has 1 amide bonds. The number of ether oxygens (including phenoxy) is 2. The van der Waals surface area contributed by atoms with E-state index in [1.807, 2.05) is 35.2 Å². The van der Waals surface area contributed by atoms with Crippen molar-refractivity contribution < 1.29 is 19.1 Å². The number of carbonyl (C=O) groups excluding carboxylic acids is 2. The lowest BCUT2D eigenvalue weighted by molar-refractivity contribution is -0.129. The number of carbonyl (C=O) groups is 2. The number of benzene rings is 2. The summed E-state index contributed by atoms with van der Waals surface area (Å²) >= 11 is 0. The van der Waals surface area contributed by atoms with E-state index in [0.29, 0.717) is 31.1 Å². The highest BCUT2D eigenvalue weighted by Crippen LogP contribution is 2.48. The van der Waals surface area contributed by atoms with Gasteiger partial charge in [0.15, 0.2) is 0 Å². The second-order valence-electron chi connectivity index (χ2n) is 11.7. The van der Waals surface area contributed by atoms with Crippen LogP contribution >= 0.6 is 0 Å². The number of piperazine rings is 1. The fourth-order valence-corrected chi connectivity index (χ4v) is 7.17. The van der Waals surface area contributed by atoms with E-state index in [1.54, 1.807) is 7.11 Å². The van der Waals surface area contributed by atoms with Gasteiger partial charge in [0.2, 0.25) is 0 Å². The number of rotatable bonds is 4. The fourth-order valence-electron chi connectivity index (χ4n) is 7.17. The van der Waals surface area contributed by atoms with Crippen LogP contribution in [0.2, 0.25) is 0 Å². The highest BCUT2D eigenvalue weighted by atomic mass is 16.5. The highest BCUT2D eigenvalue weighted by Gasteiger charge is 2.33. The van der Waals surface area contributed by atoms with Crippen LogP contribution in [-0.2, 0) is 16.1 Å². The summed E-state index contributed by atoms with van der Waals surface area (Å²) in [5, 5.41) is 4.69. The van der Waals surface area contributed by atoms with Crippen LogP contribution in [0.15, 0.2) is 42.0 Å². The molecule has 2 aliphatic heterocycles. The van der Waals surface area contributed by atoms with Crippen molar-refractivity contribution in [2.75, 3.05) is 27.3 Å². The lowest BCUT2D eigenvalue weighted by Gasteiger charge is -2.36. The number of methoxy groups -OCH3 is 2. The van der Waals surface area contributed by atoms with Gasteiger partial charge in [-0.1, -0.05) is 37.5 Å². The van der Waals surface area contributed by atoms with Crippen molar-refractivity contribution in [1.82, 2.24) is 14.8 Å². The third kappa shape index (κ3) is 4.60. The standard InChI is InChI=1S/C33H39N3O4/c1-20-17-35(18-21(2)34-20)32(37)24-15-27-25(11-8-12-29(27)39-3)31-30(22-9-6-5-7-10-22)26-14-13-23(33(38)40-4)16-28(26)36(31)19-24/h8,11-16,20-22,34H,5-7,9-10,17-19H2,1-4H3/t20-,21+. The number of nitrogens with zero attached hydrogens (tertiary/aromatic N) is 2. The van der Waals surface area contributed by atoms with Crippen molar-refractivity contribution in [3.05, 3.63) is 58.7 Å². The van der Waals surface area contributed by atoms with Gasteiger partial charge in [0.05, 0.1) is 32.0 Å². The zero-order valence-corrected chi connectivity index (χ0v) is 24.0. The minimum atomic E-state index is -0.358. The molecule has 210 valence electrons. The van der Waals surface area contributed by atoms with Crippen LogP contribution in [0.1, 0.15) is 73.4 Å². The highest BCUT2D eigenvalue weighted by molar-refractivity contribution is 6.04. The minimum absolute atomic E-state index is 0.0510. The second kappa shape index (κ2) is 10.8. The molecule has 2 fully saturated rings. The van der Waals surface area contributed by atoms with E-state index in [0.717, 1.165) is 51.9 Å². The van der Waals surface area contributed by atoms with E-state index in [2.05, 4.69) is 35.9 Å². The Hall–Kier alpha value is -3.58. The van der Waals surface area contributed by atoms with Crippen molar-refractivity contribution in [3.63, 3.8) is 0 Å². The molecular weight excluding hydrogens is 502 g/mol. The Labute approximate surface area is 236 Å². The third-order valence-corrected chi connectivity index (χ3v) is 8.85. The number of hydrogen-bond acceptors (Lipinski definition) is 5. The molecular formula is C33H39N3O4. The lowest BCUT2D eigenvalue weighted by atomic mass is 9.81. The number of aromatic nitrogens is 1. The molecule has 6 rings (SSSR count). The van der Waals surface area contributed by atoms with E-state index < -0.39 is 0 Å². The number of fused-ring (bicyclic) bond motifs is 5. The third-order valence-electron chi connectivity index (χ3n) is 8.85. The van der Waals surface area contributed by atoms with Gasteiger partial charge in [-0.3, -0.25) is 4.79 Å². The summed E-state index contributed by atoms with van der Waals surface area (Å²) in [6.45, 7) is 6.00. The molecule has 2 atom stereocenters. The van der Waals surface area contributed by atoms with Gasteiger partial charge in [0.1, 0.15) is 5.75 Å². The predicted octanol–water partition coefficient (Wildman–Crippen LogP) is 5.76. The van der Waals surface area contributed by atoms with Gasteiger partial charge in [-0.25, -0.2) is 4.79 Å². The first kappa shape index (κ1) is 26.6. The lowest BCUT2D eigenvalue weighted by Crippen LogP contribution is -2.56. The van der Waals surface area contributed by atoms with Crippen molar-refractivity contribution in [3.8, 4) is 17.0 Å². The van der Waals surface area contributed by atoms with Gasteiger partial charge >= 0.3 is 5.97 Å². The normalized spacial score (nSPS) is 21.3. The molecule has 3 heterocycles. The Morgan fingerprint density at radius 1 is 0.975 bits per heavy atom. The SMILES string of the molecule is COC(=O)c1ccc2c(C3CCCCC3)c3n(c2c1)CC(C(=O)N1C[C@@H](C)N[C@@H](C)C1)=Cc1c(OC)cccc1-3. The summed E-state index contributed by atoms with van der Waals surface area (Å²) in [4.78, 5) is 28.8. The number of hydrogen-bond donors (Lipinski definition) is 1. The van der Waals surface area contributed by atoms with Crippen LogP contribution in [0.5, 0.6) is 5.75 Å². The number of nitrogens with one attached hydrogen (secondary N) is 1. The average molecular weight is 542 g/mol. The zero-order valence-electron chi connectivity index (χ0n) is 24.0. The molecule has 1 aliphatic carbocycles. The van der Waals surface area contributed by atoms with Gasteiger partial charge in [0.25, 0.3) is 5.91 Å². The first-order valence-electron chi connectivity index (χ1n) is 14.6. The Morgan fingerprint density at radius 3 is 2.42 bits per heavy atom. The molecule has 1 saturated carbocycles. The van der Waals surface area contributed by atoms with Gasteiger partial charge in [-0.05, 0) is 62.4 Å². The zero-order chi connectivity index (χ0) is 28.0. The van der Waals surface area contributed by atoms with Crippen LogP contribution in [0.3, 0.4) is 0 Å². The topological polar surface area (TPSA) is 72.8 Å². The largest absolute Gasteiger partial charge is 0.496 e. The summed E-state index contributed by atoms with van der Waals surface area (Å²) in [6, 6.07) is 12.5. The van der Waals surface area contributed by atoms with Crippen molar-refractivity contribution >= 4 is 28.9 Å². The quantitative estimate of drug-likeness (QED) is 0.426. The van der Waals surface area contributed by atoms with Crippen molar-refractivity contribution in [2.24, 2.45) is 0 Å². The van der Waals surface area contributed by atoms with E-state index >= 15 is 0 Å². The summed E-state index contributed by atoms with van der Waals surface area (Å²) in [5.41, 5.74) is 6.68. The van der Waals surface area contributed by atoms with Crippen LogP contribution in [0.4, 0.5) is 0 Å². The van der Waals surface area contributed by atoms with Crippen LogP contribution in [-0.4, -0.2) is 60.7 Å². The molecule has 40 heavy (non-hydrogen) atoms. The van der Waals surface area contributed by atoms with E-state index in [9.17, 15) is 9.59 Å². The minimum Gasteiger partial charge on any atom is -0.496 e. The summed E-state index contributed by atoms with van der Waals surface area (Å²) in [6.07, 6.45) is 8.01. The molecule has 3 aliphatic rings. The second-order valence-corrected chi connectivity index (χ2v) is 11.7. The fraction of sp³-hybridized carbons (Fsp3) is 0.455. The number of amides is 1. The first-order chi connectivity index (χ1) is 19.4. The van der Waals surface area contributed by atoms with E-state index in [-0.39, 0.29) is 24.0 Å². The average Bonchev–Trinajstić information content (AvgIpc) is 3.18.